The molecular weight excluding hydrogens is 363 g/mol. The number of likely N-dealkylation sites (tertiary alicyclic amines) is 1. The quantitative estimate of drug-likeness (QED) is 0.569. The van der Waals surface area contributed by atoms with Crippen LogP contribution in [0.1, 0.15) is 46.1 Å². The molecule has 0 aliphatic carbocycles. The van der Waals surface area contributed by atoms with Crippen LogP contribution in [-0.2, 0) is 11.2 Å². The highest BCUT2D eigenvalue weighted by Crippen LogP contribution is 2.36. The Hall–Kier alpha value is -1.27. The smallest absolute Gasteiger partial charge is 0.410 e. The van der Waals surface area contributed by atoms with Gasteiger partial charge >= 0.3 is 6.09 Å². The van der Waals surface area contributed by atoms with Crippen LogP contribution in [0.2, 0.25) is 10.4 Å². The molecule has 1 aromatic heterocycles. The summed E-state index contributed by atoms with van der Waals surface area (Å²) >= 11 is 12.2. The zero-order valence-electron chi connectivity index (χ0n) is 15.1. The van der Waals surface area contributed by atoms with E-state index in [9.17, 15) is 4.79 Å². The topological polar surface area (TPSA) is 58.6 Å². The summed E-state index contributed by atoms with van der Waals surface area (Å²) in [5.74, 6) is 0.786. The Balaban J connectivity index is 1.80. The fourth-order valence-electron chi connectivity index (χ4n) is 3.66. The number of carbonyl (C=O) groups is 1. The van der Waals surface area contributed by atoms with E-state index in [2.05, 4.69) is 21.8 Å². The van der Waals surface area contributed by atoms with E-state index < -0.39 is 5.60 Å². The lowest BCUT2D eigenvalue weighted by atomic mass is 10.1. The Bertz CT molecular complexity index is 677. The number of fused-ring (bicyclic) bond motifs is 1. The van der Waals surface area contributed by atoms with Gasteiger partial charge in [0.05, 0.1) is 6.04 Å². The van der Waals surface area contributed by atoms with Crippen molar-refractivity contribution in [3.63, 3.8) is 0 Å². The van der Waals surface area contributed by atoms with Crippen molar-refractivity contribution in [3.8, 4) is 0 Å². The Morgan fingerprint density at radius 3 is 2.68 bits per heavy atom. The Morgan fingerprint density at radius 1 is 1.28 bits per heavy atom. The number of rotatable bonds is 2. The highest BCUT2D eigenvalue weighted by atomic mass is 35.5. The molecule has 1 unspecified atom stereocenters. The number of carbonyl (C=O) groups excluding carboxylic acids is 1. The third kappa shape index (κ3) is 3.80. The van der Waals surface area contributed by atoms with E-state index >= 15 is 0 Å². The van der Waals surface area contributed by atoms with Gasteiger partial charge < -0.3 is 14.5 Å². The molecule has 0 saturated carbocycles. The first kappa shape index (κ1) is 18.5. The number of halogens is 2. The lowest BCUT2D eigenvalue weighted by molar-refractivity contribution is 0.0209. The van der Waals surface area contributed by atoms with Crippen LogP contribution in [-0.4, -0.2) is 51.7 Å². The second-order valence-electron chi connectivity index (χ2n) is 7.65. The monoisotopic (exact) mass is 386 g/mol. The molecule has 0 radical (unpaired) electrons. The molecule has 1 aromatic rings. The first-order valence-corrected chi connectivity index (χ1v) is 9.41. The highest BCUT2D eigenvalue weighted by Gasteiger charge is 2.40. The summed E-state index contributed by atoms with van der Waals surface area (Å²) in [6.45, 7) is 9.29. The predicted molar refractivity (Wildman–Crippen MR) is 98.5 cm³/mol. The molecule has 3 heterocycles. The van der Waals surface area contributed by atoms with Crippen LogP contribution in [0, 0.1) is 0 Å². The average Bonchev–Trinajstić information content (AvgIpc) is 3.11. The molecule has 25 heavy (non-hydrogen) atoms. The molecule has 1 saturated heterocycles. The van der Waals surface area contributed by atoms with Gasteiger partial charge in [-0.1, -0.05) is 11.6 Å². The predicted octanol–water partition coefficient (Wildman–Crippen LogP) is 3.93. The number of hydrogen-bond donors (Lipinski definition) is 0. The van der Waals surface area contributed by atoms with Crippen molar-refractivity contribution in [2.45, 2.75) is 64.6 Å². The lowest BCUT2D eigenvalue weighted by Gasteiger charge is -2.36. The third-order valence-corrected chi connectivity index (χ3v) is 5.24. The summed E-state index contributed by atoms with van der Waals surface area (Å²) in [4.78, 5) is 25.0. The molecule has 0 bridgehead atoms. The van der Waals surface area contributed by atoms with E-state index in [0.717, 1.165) is 43.7 Å². The Kier molecular flexibility index (Phi) is 5.04. The number of hydrogen-bond acceptors (Lipinski definition) is 5. The molecule has 2 aliphatic heterocycles. The Morgan fingerprint density at radius 2 is 2.00 bits per heavy atom. The summed E-state index contributed by atoms with van der Waals surface area (Å²) in [5.41, 5.74) is 0.432. The van der Waals surface area contributed by atoms with Crippen molar-refractivity contribution in [2.75, 3.05) is 18.0 Å². The van der Waals surface area contributed by atoms with Gasteiger partial charge in [-0.15, -0.1) is 0 Å². The Labute approximate surface area is 158 Å². The van der Waals surface area contributed by atoms with Crippen LogP contribution in [0.15, 0.2) is 0 Å². The standard InChI is InChI=1S/C17H24Cl2N4O2/c1-10(12-6-5-8-23(12)16(24)25-17(2,3)4)22-9-7-11-13(18)20-15(19)21-14(11)22/h10,12H,5-9H2,1-4H3/t10?,12-/m0/s1. The van der Waals surface area contributed by atoms with Gasteiger partial charge in [0.15, 0.2) is 0 Å². The summed E-state index contributed by atoms with van der Waals surface area (Å²) < 4.78 is 5.57. The maximum Gasteiger partial charge on any atom is 0.410 e. The van der Waals surface area contributed by atoms with Crippen molar-refractivity contribution in [1.29, 1.82) is 0 Å². The zero-order chi connectivity index (χ0) is 18.4. The van der Waals surface area contributed by atoms with Crippen LogP contribution >= 0.6 is 23.2 Å². The molecule has 2 aliphatic rings. The van der Waals surface area contributed by atoms with Crippen LogP contribution < -0.4 is 4.90 Å². The van der Waals surface area contributed by atoms with E-state index in [1.807, 2.05) is 25.7 Å². The summed E-state index contributed by atoms with van der Waals surface area (Å²) in [6, 6.07) is 0.173. The lowest BCUT2D eigenvalue weighted by Crippen LogP contribution is -2.50. The molecule has 0 aromatic carbocycles. The number of ether oxygens (including phenoxy) is 1. The molecule has 6 nitrogen and oxygen atoms in total. The second kappa shape index (κ2) is 6.80. The summed E-state index contributed by atoms with van der Waals surface area (Å²) in [7, 11) is 0. The van der Waals surface area contributed by atoms with Crippen molar-refractivity contribution in [3.05, 3.63) is 16.0 Å². The van der Waals surface area contributed by atoms with Crippen LogP contribution in [0.3, 0.4) is 0 Å². The largest absolute Gasteiger partial charge is 0.444 e. The normalized spacial score (nSPS) is 21.4. The van der Waals surface area contributed by atoms with E-state index in [0.29, 0.717) is 5.15 Å². The molecule has 1 fully saturated rings. The van der Waals surface area contributed by atoms with Gasteiger partial charge in [-0.25, -0.2) is 14.8 Å². The van der Waals surface area contributed by atoms with Crippen molar-refractivity contribution < 1.29 is 9.53 Å². The van der Waals surface area contributed by atoms with Crippen LogP contribution in [0.5, 0.6) is 0 Å². The summed E-state index contributed by atoms with van der Waals surface area (Å²) in [6.07, 6.45) is 2.45. The maximum atomic E-state index is 12.6. The minimum atomic E-state index is -0.498. The number of aromatic nitrogens is 2. The molecule has 138 valence electrons. The summed E-state index contributed by atoms with van der Waals surface area (Å²) in [5, 5.41) is 0.568. The minimum absolute atomic E-state index is 0.0771. The van der Waals surface area contributed by atoms with E-state index in [1.54, 1.807) is 0 Å². The molecule has 0 spiro atoms. The molecule has 3 rings (SSSR count). The maximum absolute atomic E-state index is 12.6. The fourth-order valence-corrected chi connectivity index (χ4v) is 4.12. The third-order valence-electron chi connectivity index (χ3n) is 4.76. The van der Waals surface area contributed by atoms with Crippen molar-refractivity contribution in [1.82, 2.24) is 14.9 Å². The molecule has 8 heteroatoms. The fraction of sp³-hybridized carbons (Fsp3) is 0.706. The van der Waals surface area contributed by atoms with Gasteiger partial charge in [-0.3, -0.25) is 0 Å². The van der Waals surface area contributed by atoms with Crippen LogP contribution in [0.4, 0.5) is 10.6 Å². The van der Waals surface area contributed by atoms with E-state index in [1.165, 1.54) is 0 Å². The molecular formula is C17H24Cl2N4O2. The second-order valence-corrected chi connectivity index (χ2v) is 8.35. The minimum Gasteiger partial charge on any atom is -0.444 e. The van der Waals surface area contributed by atoms with Crippen molar-refractivity contribution in [2.24, 2.45) is 0 Å². The van der Waals surface area contributed by atoms with Crippen molar-refractivity contribution >= 4 is 35.1 Å². The highest BCUT2D eigenvalue weighted by molar-refractivity contribution is 6.32. The van der Waals surface area contributed by atoms with Gasteiger partial charge in [-0.05, 0) is 58.6 Å². The molecule has 1 amide bonds. The zero-order valence-corrected chi connectivity index (χ0v) is 16.6. The molecule has 2 atom stereocenters. The number of nitrogens with zero attached hydrogens (tertiary/aromatic N) is 4. The van der Waals surface area contributed by atoms with Gasteiger partial charge in [0.25, 0.3) is 0 Å². The molecule has 0 N–H and O–H groups in total. The first-order valence-electron chi connectivity index (χ1n) is 8.65. The first-order chi connectivity index (χ1) is 11.7. The number of amides is 1. The SMILES string of the molecule is CC([C@@H]1CCCN1C(=O)OC(C)(C)C)N1CCc2c(Cl)nc(Cl)nc21. The van der Waals surface area contributed by atoms with Gasteiger partial charge in [-0.2, -0.15) is 0 Å². The van der Waals surface area contributed by atoms with Gasteiger partial charge in [0.1, 0.15) is 16.6 Å². The van der Waals surface area contributed by atoms with E-state index in [4.69, 9.17) is 27.9 Å². The van der Waals surface area contributed by atoms with E-state index in [-0.39, 0.29) is 23.5 Å². The van der Waals surface area contributed by atoms with Gasteiger partial charge in [0.2, 0.25) is 5.28 Å². The number of anilines is 1. The van der Waals surface area contributed by atoms with Crippen LogP contribution in [0.25, 0.3) is 0 Å². The average molecular weight is 387 g/mol. The van der Waals surface area contributed by atoms with Gasteiger partial charge in [0, 0.05) is 24.7 Å².